The molecule has 142 valence electrons. The van der Waals surface area contributed by atoms with Crippen LogP contribution in [0.15, 0.2) is 65.3 Å². The standard InChI is InChI=1S/C21H21N5O2/c1-14(2)25(13-15-7-4-3-5-8-15)21(27)16-11-18(22)26-19(12-16)23-20(24-26)17-9-6-10-28-17/h3-12,14H,13,22H2,1-2H3. The molecule has 0 saturated heterocycles. The highest BCUT2D eigenvalue weighted by atomic mass is 16.3. The maximum atomic E-state index is 13.2. The molecule has 0 spiro atoms. The van der Waals surface area contributed by atoms with Crippen molar-refractivity contribution in [3.8, 4) is 11.6 Å². The van der Waals surface area contributed by atoms with E-state index in [1.807, 2.05) is 49.1 Å². The predicted molar refractivity (Wildman–Crippen MR) is 107 cm³/mol. The van der Waals surface area contributed by atoms with E-state index in [9.17, 15) is 4.79 Å². The van der Waals surface area contributed by atoms with Gasteiger partial charge in [0, 0.05) is 18.2 Å². The number of nitrogen functional groups attached to an aromatic ring is 1. The molecule has 2 N–H and O–H groups in total. The van der Waals surface area contributed by atoms with E-state index in [0.29, 0.717) is 35.2 Å². The summed E-state index contributed by atoms with van der Waals surface area (Å²) in [7, 11) is 0. The summed E-state index contributed by atoms with van der Waals surface area (Å²) < 4.78 is 6.85. The number of anilines is 1. The van der Waals surface area contributed by atoms with E-state index in [4.69, 9.17) is 10.2 Å². The lowest BCUT2D eigenvalue weighted by atomic mass is 10.1. The molecule has 0 unspecified atom stereocenters. The molecule has 7 heteroatoms. The van der Waals surface area contributed by atoms with Crippen LogP contribution in [0, 0.1) is 0 Å². The highest BCUT2D eigenvalue weighted by molar-refractivity contribution is 5.96. The van der Waals surface area contributed by atoms with Gasteiger partial charge in [-0.1, -0.05) is 30.3 Å². The lowest BCUT2D eigenvalue weighted by Gasteiger charge is -2.27. The van der Waals surface area contributed by atoms with Crippen molar-refractivity contribution in [2.45, 2.75) is 26.4 Å². The van der Waals surface area contributed by atoms with Gasteiger partial charge in [-0.05, 0) is 43.7 Å². The zero-order chi connectivity index (χ0) is 19.7. The van der Waals surface area contributed by atoms with Crippen LogP contribution in [0.1, 0.15) is 29.8 Å². The van der Waals surface area contributed by atoms with Crippen molar-refractivity contribution in [3.63, 3.8) is 0 Å². The number of rotatable bonds is 5. The minimum atomic E-state index is -0.101. The van der Waals surface area contributed by atoms with E-state index >= 15 is 0 Å². The van der Waals surface area contributed by atoms with Gasteiger partial charge in [0.2, 0.25) is 5.82 Å². The van der Waals surface area contributed by atoms with Gasteiger partial charge >= 0.3 is 0 Å². The molecule has 7 nitrogen and oxygen atoms in total. The van der Waals surface area contributed by atoms with Crippen LogP contribution in [0.3, 0.4) is 0 Å². The maximum absolute atomic E-state index is 13.2. The number of pyridine rings is 1. The normalized spacial score (nSPS) is 11.2. The Kier molecular flexibility index (Phi) is 4.57. The molecule has 3 heterocycles. The van der Waals surface area contributed by atoms with Crippen LogP contribution in [0.2, 0.25) is 0 Å². The molecule has 0 aliphatic heterocycles. The second kappa shape index (κ2) is 7.19. The summed E-state index contributed by atoms with van der Waals surface area (Å²) in [4.78, 5) is 19.5. The predicted octanol–water partition coefficient (Wildman–Crippen LogP) is 3.62. The summed E-state index contributed by atoms with van der Waals surface area (Å²) in [6.07, 6.45) is 1.56. The van der Waals surface area contributed by atoms with Gasteiger partial charge in [0.05, 0.1) is 6.26 Å². The number of amides is 1. The Bertz CT molecular complexity index is 1100. The zero-order valence-electron chi connectivity index (χ0n) is 15.7. The van der Waals surface area contributed by atoms with Crippen molar-refractivity contribution in [2.75, 3.05) is 5.73 Å². The van der Waals surface area contributed by atoms with E-state index in [1.165, 1.54) is 4.52 Å². The number of benzene rings is 1. The van der Waals surface area contributed by atoms with Gasteiger partial charge in [-0.25, -0.2) is 4.98 Å². The summed E-state index contributed by atoms with van der Waals surface area (Å²) in [6, 6.07) is 16.8. The molecule has 4 aromatic rings. The van der Waals surface area contributed by atoms with Crippen molar-refractivity contribution in [2.24, 2.45) is 0 Å². The molecule has 0 saturated carbocycles. The fraction of sp³-hybridized carbons (Fsp3) is 0.190. The number of carbonyl (C=O) groups is 1. The third kappa shape index (κ3) is 3.34. The fourth-order valence-electron chi connectivity index (χ4n) is 3.08. The van der Waals surface area contributed by atoms with Gasteiger partial charge < -0.3 is 15.1 Å². The third-order valence-corrected chi connectivity index (χ3v) is 4.53. The minimum absolute atomic E-state index is 0.0294. The van der Waals surface area contributed by atoms with Crippen molar-refractivity contribution >= 4 is 17.4 Å². The highest BCUT2D eigenvalue weighted by Crippen LogP contribution is 2.21. The number of furan rings is 1. The largest absolute Gasteiger partial charge is 0.461 e. The van der Waals surface area contributed by atoms with E-state index in [-0.39, 0.29) is 11.9 Å². The number of nitrogens with zero attached hydrogens (tertiary/aromatic N) is 4. The number of hydrogen-bond acceptors (Lipinski definition) is 5. The van der Waals surface area contributed by atoms with Crippen molar-refractivity contribution < 1.29 is 9.21 Å². The van der Waals surface area contributed by atoms with Gasteiger partial charge in [0.1, 0.15) is 5.82 Å². The molecule has 28 heavy (non-hydrogen) atoms. The minimum Gasteiger partial charge on any atom is -0.461 e. The van der Waals surface area contributed by atoms with Crippen LogP contribution >= 0.6 is 0 Å². The molecule has 0 fully saturated rings. The lowest BCUT2D eigenvalue weighted by molar-refractivity contribution is 0.0690. The Hall–Kier alpha value is -3.61. The number of hydrogen-bond donors (Lipinski definition) is 1. The summed E-state index contributed by atoms with van der Waals surface area (Å²) in [6.45, 7) is 4.51. The topological polar surface area (TPSA) is 89.7 Å². The molecule has 0 atom stereocenters. The van der Waals surface area contributed by atoms with Gasteiger partial charge in [-0.3, -0.25) is 4.79 Å². The molecule has 4 rings (SSSR count). The number of aromatic nitrogens is 3. The first-order chi connectivity index (χ1) is 13.5. The van der Waals surface area contributed by atoms with Gasteiger partial charge in [-0.15, -0.1) is 5.10 Å². The molecule has 3 aromatic heterocycles. The van der Waals surface area contributed by atoms with Crippen LogP contribution in [0.25, 0.3) is 17.2 Å². The van der Waals surface area contributed by atoms with Gasteiger partial charge in [0.15, 0.2) is 11.4 Å². The summed E-state index contributed by atoms with van der Waals surface area (Å²) in [5.74, 6) is 1.21. The van der Waals surface area contributed by atoms with Gasteiger partial charge in [-0.2, -0.15) is 4.52 Å². The van der Waals surface area contributed by atoms with Crippen molar-refractivity contribution in [1.29, 1.82) is 0 Å². The van der Waals surface area contributed by atoms with E-state index in [2.05, 4.69) is 10.1 Å². The Morgan fingerprint density at radius 2 is 1.96 bits per heavy atom. The maximum Gasteiger partial charge on any atom is 0.254 e. The van der Waals surface area contributed by atoms with Crippen molar-refractivity contribution in [3.05, 3.63) is 72.0 Å². The zero-order valence-corrected chi connectivity index (χ0v) is 15.7. The molecule has 0 bridgehead atoms. The highest BCUT2D eigenvalue weighted by Gasteiger charge is 2.21. The van der Waals surface area contributed by atoms with E-state index < -0.39 is 0 Å². The fourth-order valence-corrected chi connectivity index (χ4v) is 3.08. The Labute approximate surface area is 162 Å². The summed E-state index contributed by atoms with van der Waals surface area (Å²) in [5, 5.41) is 4.36. The molecule has 0 aliphatic carbocycles. The molecule has 1 aromatic carbocycles. The third-order valence-electron chi connectivity index (χ3n) is 4.53. The lowest BCUT2D eigenvalue weighted by Crippen LogP contribution is -2.36. The number of fused-ring (bicyclic) bond motifs is 1. The summed E-state index contributed by atoms with van der Waals surface area (Å²) in [5.41, 5.74) is 8.20. The molecular weight excluding hydrogens is 354 g/mol. The Morgan fingerprint density at radius 3 is 2.64 bits per heavy atom. The smallest absolute Gasteiger partial charge is 0.254 e. The quantitative estimate of drug-likeness (QED) is 0.575. The van der Waals surface area contributed by atoms with Crippen LogP contribution in [0.5, 0.6) is 0 Å². The van der Waals surface area contributed by atoms with E-state index in [1.54, 1.807) is 30.5 Å². The Balaban J connectivity index is 1.69. The first-order valence-corrected chi connectivity index (χ1v) is 9.08. The molecule has 0 aliphatic rings. The van der Waals surface area contributed by atoms with Crippen LogP contribution in [-0.4, -0.2) is 31.4 Å². The average Bonchev–Trinajstić information content (AvgIpc) is 3.35. The summed E-state index contributed by atoms with van der Waals surface area (Å²) >= 11 is 0. The molecule has 1 amide bonds. The van der Waals surface area contributed by atoms with Crippen molar-refractivity contribution in [1.82, 2.24) is 19.5 Å². The van der Waals surface area contributed by atoms with Gasteiger partial charge in [0.25, 0.3) is 5.91 Å². The van der Waals surface area contributed by atoms with Crippen LogP contribution in [0.4, 0.5) is 5.82 Å². The average molecular weight is 375 g/mol. The number of nitrogens with two attached hydrogens (primary N) is 1. The molecular formula is C21H21N5O2. The second-order valence-corrected chi connectivity index (χ2v) is 6.86. The SMILES string of the molecule is CC(C)N(Cc1ccccc1)C(=O)c1cc(N)n2nc(-c3ccco3)nc2c1. The Morgan fingerprint density at radius 1 is 1.18 bits per heavy atom. The first kappa shape index (κ1) is 17.8. The number of carbonyl (C=O) groups excluding carboxylic acids is 1. The van der Waals surface area contributed by atoms with Crippen LogP contribution < -0.4 is 5.73 Å². The molecule has 0 radical (unpaired) electrons. The van der Waals surface area contributed by atoms with Crippen LogP contribution in [-0.2, 0) is 6.54 Å². The first-order valence-electron chi connectivity index (χ1n) is 9.08. The second-order valence-electron chi connectivity index (χ2n) is 6.86. The van der Waals surface area contributed by atoms with E-state index in [0.717, 1.165) is 5.56 Å². The monoisotopic (exact) mass is 375 g/mol.